The Labute approximate surface area is 137 Å². The number of rotatable bonds is 5. The van der Waals surface area contributed by atoms with Crippen molar-refractivity contribution in [1.29, 1.82) is 0 Å². The summed E-state index contributed by atoms with van der Waals surface area (Å²) in [6, 6.07) is 5.84. The Morgan fingerprint density at radius 1 is 1.27 bits per heavy atom. The first-order valence-corrected chi connectivity index (χ1v) is 8.28. The van der Waals surface area contributed by atoms with Gasteiger partial charge in [-0.1, -0.05) is 36.4 Å². The predicted octanol–water partition coefficient (Wildman–Crippen LogP) is 4.07. The lowest BCUT2D eigenvalue weighted by Crippen LogP contribution is -1.98. The normalized spacial score (nSPS) is 11.0. The maximum atomic E-state index is 6.20. The van der Waals surface area contributed by atoms with Crippen molar-refractivity contribution in [3.8, 4) is 5.69 Å². The molecule has 0 saturated carbocycles. The molecule has 1 aromatic carbocycles. The summed E-state index contributed by atoms with van der Waals surface area (Å²) in [5, 5.41) is 9.60. The number of aryl methyl sites for hydroxylation is 1. The van der Waals surface area contributed by atoms with E-state index < -0.39 is 0 Å². The lowest BCUT2D eigenvalue weighted by molar-refractivity contribution is 0.470. The third-order valence-electron chi connectivity index (χ3n) is 3.24. The predicted molar refractivity (Wildman–Crippen MR) is 86.5 cm³/mol. The Morgan fingerprint density at radius 2 is 2.09 bits per heavy atom. The molecule has 0 aliphatic carbocycles. The summed E-state index contributed by atoms with van der Waals surface area (Å²) < 4.78 is 7.54. The highest BCUT2D eigenvalue weighted by Crippen LogP contribution is 2.28. The second-order valence-corrected chi connectivity index (χ2v) is 6.05. The zero-order valence-corrected chi connectivity index (χ0v) is 13.9. The summed E-state index contributed by atoms with van der Waals surface area (Å²) >= 11 is 7.75. The summed E-state index contributed by atoms with van der Waals surface area (Å²) in [7, 11) is 0. The van der Waals surface area contributed by atoms with E-state index in [1.54, 1.807) is 18.0 Å². The van der Waals surface area contributed by atoms with Gasteiger partial charge in [0, 0.05) is 23.8 Å². The van der Waals surface area contributed by atoms with Crippen molar-refractivity contribution in [2.45, 2.75) is 31.2 Å². The largest absolute Gasteiger partial charge is 0.424 e. The minimum atomic E-state index is 0.587. The third-order valence-corrected chi connectivity index (χ3v) is 4.60. The van der Waals surface area contributed by atoms with Crippen LogP contribution in [0.4, 0.5) is 0 Å². The monoisotopic (exact) mass is 334 g/mol. The van der Waals surface area contributed by atoms with Crippen molar-refractivity contribution >= 4 is 23.4 Å². The molecule has 0 bridgehead atoms. The van der Waals surface area contributed by atoms with Crippen molar-refractivity contribution in [2.24, 2.45) is 0 Å². The van der Waals surface area contributed by atoms with Gasteiger partial charge in [0.2, 0.25) is 11.8 Å². The van der Waals surface area contributed by atoms with E-state index >= 15 is 0 Å². The molecule has 0 amide bonds. The van der Waals surface area contributed by atoms with Crippen LogP contribution in [0.1, 0.15) is 24.3 Å². The first-order valence-electron chi connectivity index (χ1n) is 6.92. The molecule has 114 valence electrons. The second kappa shape index (κ2) is 6.54. The summed E-state index contributed by atoms with van der Waals surface area (Å²) in [4.78, 5) is 4.40. The van der Waals surface area contributed by atoms with E-state index in [0.717, 1.165) is 27.9 Å². The first-order chi connectivity index (χ1) is 10.7. The molecule has 2 aromatic heterocycles. The minimum Gasteiger partial charge on any atom is -0.424 e. The van der Waals surface area contributed by atoms with Gasteiger partial charge in [-0.15, -0.1) is 10.2 Å². The lowest BCUT2D eigenvalue weighted by Gasteiger charge is -2.10. The third kappa shape index (κ3) is 3.03. The molecule has 5 nitrogen and oxygen atoms in total. The number of halogens is 1. The van der Waals surface area contributed by atoms with E-state index in [0.29, 0.717) is 17.5 Å². The van der Waals surface area contributed by atoms with Crippen molar-refractivity contribution < 1.29 is 4.42 Å². The van der Waals surface area contributed by atoms with E-state index in [1.165, 1.54) is 0 Å². The molecule has 3 rings (SSSR count). The molecule has 0 fully saturated rings. The van der Waals surface area contributed by atoms with Gasteiger partial charge in [0.1, 0.15) is 0 Å². The van der Waals surface area contributed by atoms with Gasteiger partial charge >= 0.3 is 0 Å². The summed E-state index contributed by atoms with van der Waals surface area (Å²) in [5.41, 5.74) is 2.04. The molecule has 0 N–H and O–H groups in total. The Balaban J connectivity index is 1.81. The first kappa shape index (κ1) is 15.1. The topological polar surface area (TPSA) is 56.7 Å². The molecule has 0 atom stereocenters. The lowest BCUT2D eigenvalue weighted by atomic mass is 10.2. The van der Waals surface area contributed by atoms with Gasteiger partial charge in [0.25, 0.3) is 0 Å². The quantitative estimate of drug-likeness (QED) is 0.658. The summed E-state index contributed by atoms with van der Waals surface area (Å²) in [6.45, 7) is 3.98. The standard InChI is InChI=1S/C15H15ClN4OS/c1-3-13-18-19-14(21-13)9-22-15-17-7-8-20(15)12-6-4-5-11(16)10(12)2/h4-8H,3,9H2,1-2H3. The highest BCUT2D eigenvalue weighted by atomic mass is 35.5. The molecular formula is C15H15ClN4OS. The Morgan fingerprint density at radius 3 is 2.86 bits per heavy atom. The molecule has 3 aromatic rings. The number of thioether (sulfide) groups is 1. The fourth-order valence-electron chi connectivity index (χ4n) is 2.05. The van der Waals surface area contributed by atoms with Crippen LogP contribution in [0.15, 0.2) is 40.2 Å². The van der Waals surface area contributed by atoms with E-state index in [2.05, 4.69) is 15.2 Å². The summed E-state index contributed by atoms with van der Waals surface area (Å²) in [5.74, 6) is 1.85. The fourth-order valence-corrected chi connectivity index (χ4v) is 3.03. The van der Waals surface area contributed by atoms with Crippen molar-refractivity contribution in [3.63, 3.8) is 0 Å². The van der Waals surface area contributed by atoms with Crippen LogP contribution in [0, 0.1) is 6.92 Å². The minimum absolute atomic E-state index is 0.587. The van der Waals surface area contributed by atoms with Crippen molar-refractivity contribution in [1.82, 2.24) is 19.7 Å². The van der Waals surface area contributed by atoms with Gasteiger partial charge in [0.15, 0.2) is 5.16 Å². The molecule has 22 heavy (non-hydrogen) atoms. The van der Waals surface area contributed by atoms with Crippen LogP contribution in [-0.2, 0) is 12.2 Å². The smallest absolute Gasteiger partial charge is 0.226 e. The van der Waals surface area contributed by atoms with Crippen LogP contribution in [-0.4, -0.2) is 19.7 Å². The maximum Gasteiger partial charge on any atom is 0.226 e. The molecule has 0 saturated heterocycles. The van der Waals surface area contributed by atoms with Crippen molar-refractivity contribution in [2.75, 3.05) is 0 Å². The number of imidazole rings is 1. The number of benzene rings is 1. The number of aromatic nitrogens is 4. The van der Waals surface area contributed by atoms with E-state index in [-0.39, 0.29) is 0 Å². The number of hydrogen-bond donors (Lipinski definition) is 0. The molecule has 0 unspecified atom stereocenters. The Bertz CT molecular complexity index is 783. The van der Waals surface area contributed by atoms with Crippen LogP contribution in [0.3, 0.4) is 0 Å². The van der Waals surface area contributed by atoms with E-state index in [1.807, 2.05) is 42.8 Å². The molecule has 0 spiro atoms. The van der Waals surface area contributed by atoms with Gasteiger partial charge in [0.05, 0.1) is 11.4 Å². The molecule has 0 radical (unpaired) electrons. The van der Waals surface area contributed by atoms with Crippen molar-refractivity contribution in [3.05, 3.63) is 53.0 Å². The zero-order valence-electron chi connectivity index (χ0n) is 12.3. The molecular weight excluding hydrogens is 320 g/mol. The van der Waals surface area contributed by atoms with Crippen LogP contribution < -0.4 is 0 Å². The number of hydrogen-bond acceptors (Lipinski definition) is 5. The van der Waals surface area contributed by atoms with E-state index in [9.17, 15) is 0 Å². The molecule has 2 heterocycles. The fraction of sp³-hybridized carbons (Fsp3) is 0.267. The highest BCUT2D eigenvalue weighted by Gasteiger charge is 2.12. The van der Waals surface area contributed by atoms with Crippen LogP contribution in [0.25, 0.3) is 5.69 Å². The molecule has 0 aliphatic heterocycles. The molecule has 0 aliphatic rings. The Hall–Kier alpha value is -1.79. The summed E-state index contributed by atoms with van der Waals surface area (Å²) in [6.07, 6.45) is 4.44. The Kier molecular flexibility index (Phi) is 4.49. The zero-order chi connectivity index (χ0) is 15.5. The van der Waals surface area contributed by atoms with Gasteiger partial charge in [-0.3, -0.25) is 4.57 Å². The van der Waals surface area contributed by atoms with Gasteiger partial charge in [-0.05, 0) is 24.6 Å². The van der Waals surface area contributed by atoms with Gasteiger partial charge in [-0.2, -0.15) is 0 Å². The van der Waals surface area contributed by atoms with Gasteiger partial charge < -0.3 is 4.42 Å². The molecule has 7 heteroatoms. The van der Waals surface area contributed by atoms with Gasteiger partial charge in [-0.25, -0.2) is 4.98 Å². The number of nitrogens with zero attached hydrogens (tertiary/aromatic N) is 4. The second-order valence-electron chi connectivity index (χ2n) is 4.70. The van der Waals surface area contributed by atoms with E-state index in [4.69, 9.17) is 16.0 Å². The average Bonchev–Trinajstić information content (AvgIpc) is 3.16. The SMILES string of the molecule is CCc1nnc(CSc2nccn2-c2cccc(Cl)c2C)o1. The van der Waals surface area contributed by atoms with Crippen LogP contribution >= 0.6 is 23.4 Å². The highest BCUT2D eigenvalue weighted by molar-refractivity contribution is 7.98. The van der Waals surface area contributed by atoms with Crippen LogP contribution in [0.5, 0.6) is 0 Å². The van der Waals surface area contributed by atoms with Crippen LogP contribution in [0.2, 0.25) is 5.02 Å². The maximum absolute atomic E-state index is 6.20. The average molecular weight is 335 g/mol.